The summed E-state index contributed by atoms with van der Waals surface area (Å²) in [6, 6.07) is 3.59. The molecule has 0 N–H and O–H groups in total. The molecule has 1 aliphatic heterocycles. The monoisotopic (exact) mass is 467 g/mol. The minimum absolute atomic E-state index is 0.0122. The van der Waals surface area contributed by atoms with Crippen LogP contribution in [0, 0.1) is 6.92 Å². The molecule has 152 valence electrons. The summed E-state index contributed by atoms with van der Waals surface area (Å²) in [4.78, 5) is 21.9. The third-order valence-electron chi connectivity index (χ3n) is 4.59. The number of nitrogens with zero attached hydrogens (tertiary/aromatic N) is 3. The lowest BCUT2D eigenvalue weighted by Gasteiger charge is -2.22. The first-order valence-electron chi connectivity index (χ1n) is 9.50. The van der Waals surface area contributed by atoms with Crippen molar-refractivity contribution >= 4 is 38.3 Å². The first-order valence-corrected chi connectivity index (χ1v) is 11.2. The molecule has 0 aliphatic carbocycles. The van der Waals surface area contributed by atoms with E-state index in [9.17, 15) is 4.79 Å². The third kappa shape index (κ3) is 4.78. The molecule has 3 rings (SSSR count). The van der Waals surface area contributed by atoms with Crippen molar-refractivity contribution in [2.75, 3.05) is 44.8 Å². The van der Waals surface area contributed by atoms with Crippen LogP contribution >= 0.6 is 27.3 Å². The lowest BCUT2D eigenvalue weighted by Crippen LogP contribution is -2.35. The number of thiazole rings is 1. The quantitative estimate of drug-likeness (QED) is 0.631. The Hall–Kier alpha value is -1.80. The predicted octanol–water partition coefficient (Wildman–Crippen LogP) is 4.36. The molecule has 1 aliphatic rings. The molecular formula is C20H26BrN3O3S. The van der Waals surface area contributed by atoms with Gasteiger partial charge >= 0.3 is 0 Å². The second kappa shape index (κ2) is 9.60. The van der Waals surface area contributed by atoms with Crippen molar-refractivity contribution in [3.8, 4) is 11.5 Å². The van der Waals surface area contributed by atoms with Gasteiger partial charge in [-0.2, -0.15) is 0 Å². The summed E-state index contributed by atoms with van der Waals surface area (Å²) < 4.78 is 12.0. The Morgan fingerprint density at radius 2 is 2.11 bits per heavy atom. The number of hydrogen-bond donors (Lipinski definition) is 0. The van der Waals surface area contributed by atoms with Crippen LogP contribution in [0.1, 0.15) is 35.8 Å². The number of rotatable bonds is 6. The largest absolute Gasteiger partial charge is 0.493 e. The number of methoxy groups -OCH3 is 1. The van der Waals surface area contributed by atoms with Gasteiger partial charge in [-0.25, -0.2) is 4.98 Å². The Bertz CT molecular complexity index is 827. The molecule has 6 nitrogen and oxygen atoms in total. The Morgan fingerprint density at radius 1 is 1.29 bits per heavy atom. The van der Waals surface area contributed by atoms with Crippen LogP contribution in [-0.2, 0) is 0 Å². The number of halogens is 1. The van der Waals surface area contributed by atoms with Gasteiger partial charge in [0.1, 0.15) is 0 Å². The fourth-order valence-corrected chi connectivity index (χ4v) is 4.58. The molecule has 1 saturated heterocycles. The second-order valence-electron chi connectivity index (χ2n) is 6.74. The van der Waals surface area contributed by atoms with Crippen LogP contribution in [0.3, 0.4) is 0 Å². The van der Waals surface area contributed by atoms with Gasteiger partial charge in [-0.15, -0.1) is 11.3 Å². The number of aromatic nitrogens is 1. The minimum atomic E-state index is 0.0122. The summed E-state index contributed by atoms with van der Waals surface area (Å²) in [6.07, 6.45) is 1.82. The standard InChI is InChI=1S/C20H26BrN3O3S/c1-4-10-27-18-16(21)11-15(12-17(18)26-3)19(25)23-6-5-7-24(9-8-23)20-22-14(2)13-28-20/h11-13H,4-10H2,1-3H3. The van der Waals surface area contributed by atoms with E-state index in [0.717, 1.165) is 47.8 Å². The fourth-order valence-electron chi connectivity index (χ4n) is 3.17. The number of ether oxygens (including phenoxy) is 2. The first-order chi connectivity index (χ1) is 13.5. The van der Waals surface area contributed by atoms with Gasteiger partial charge < -0.3 is 19.3 Å². The zero-order chi connectivity index (χ0) is 20.1. The number of aryl methyl sites for hydroxylation is 1. The number of carbonyl (C=O) groups excluding carboxylic acids is 1. The van der Waals surface area contributed by atoms with Gasteiger partial charge in [-0.05, 0) is 47.8 Å². The van der Waals surface area contributed by atoms with E-state index >= 15 is 0 Å². The highest BCUT2D eigenvalue weighted by atomic mass is 79.9. The van der Waals surface area contributed by atoms with Crippen molar-refractivity contribution in [2.45, 2.75) is 26.7 Å². The predicted molar refractivity (Wildman–Crippen MR) is 116 cm³/mol. The van der Waals surface area contributed by atoms with E-state index in [0.29, 0.717) is 30.2 Å². The van der Waals surface area contributed by atoms with Gasteiger partial charge in [0.15, 0.2) is 16.6 Å². The van der Waals surface area contributed by atoms with Gasteiger partial charge in [0.25, 0.3) is 5.91 Å². The van der Waals surface area contributed by atoms with E-state index in [1.54, 1.807) is 24.5 Å². The highest BCUT2D eigenvalue weighted by molar-refractivity contribution is 9.10. The molecule has 0 bridgehead atoms. The van der Waals surface area contributed by atoms with Crippen LogP contribution in [0.15, 0.2) is 22.0 Å². The maximum Gasteiger partial charge on any atom is 0.254 e. The van der Waals surface area contributed by atoms with Crippen LogP contribution in [0.25, 0.3) is 0 Å². The van der Waals surface area contributed by atoms with Crippen LogP contribution in [0.4, 0.5) is 5.13 Å². The lowest BCUT2D eigenvalue weighted by atomic mass is 10.1. The molecule has 8 heteroatoms. The number of anilines is 1. The molecule has 28 heavy (non-hydrogen) atoms. The maximum atomic E-state index is 13.1. The van der Waals surface area contributed by atoms with Crippen LogP contribution in [-0.4, -0.2) is 55.7 Å². The van der Waals surface area contributed by atoms with E-state index < -0.39 is 0 Å². The number of amides is 1. The number of benzene rings is 1. The molecule has 0 radical (unpaired) electrons. The summed E-state index contributed by atoms with van der Waals surface area (Å²) in [7, 11) is 1.59. The molecular weight excluding hydrogens is 442 g/mol. The molecule has 0 saturated carbocycles. The zero-order valence-corrected chi connectivity index (χ0v) is 18.9. The average molecular weight is 468 g/mol. The molecule has 0 unspecified atom stereocenters. The van der Waals surface area contributed by atoms with Gasteiger partial charge in [-0.1, -0.05) is 6.92 Å². The highest BCUT2D eigenvalue weighted by Crippen LogP contribution is 2.37. The topological polar surface area (TPSA) is 54.9 Å². The van der Waals surface area contributed by atoms with Crippen molar-refractivity contribution in [3.05, 3.63) is 33.2 Å². The summed E-state index contributed by atoms with van der Waals surface area (Å²) >= 11 is 5.19. The highest BCUT2D eigenvalue weighted by Gasteiger charge is 2.23. The summed E-state index contributed by atoms with van der Waals surface area (Å²) in [6.45, 7) is 7.75. The van der Waals surface area contributed by atoms with E-state index in [1.165, 1.54) is 0 Å². The first kappa shape index (κ1) is 20.9. The molecule has 0 atom stereocenters. The zero-order valence-electron chi connectivity index (χ0n) is 16.5. The average Bonchev–Trinajstić information content (AvgIpc) is 2.98. The Morgan fingerprint density at radius 3 is 2.79 bits per heavy atom. The molecule has 1 aromatic heterocycles. The number of hydrogen-bond acceptors (Lipinski definition) is 6. The fraction of sp³-hybridized carbons (Fsp3) is 0.500. The Labute approximate surface area is 178 Å². The molecule has 2 heterocycles. The van der Waals surface area contributed by atoms with Gasteiger partial charge in [-0.3, -0.25) is 4.79 Å². The smallest absolute Gasteiger partial charge is 0.254 e. The van der Waals surface area contributed by atoms with Crippen LogP contribution in [0.2, 0.25) is 0 Å². The van der Waals surface area contributed by atoms with E-state index in [-0.39, 0.29) is 5.91 Å². The molecule has 1 amide bonds. The maximum absolute atomic E-state index is 13.1. The van der Waals surface area contributed by atoms with Crippen LogP contribution in [0.5, 0.6) is 11.5 Å². The molecule has 0 spiro atoms. The molecule has 2 aromatic rings. The summed E-state index contributed by atoms with van der Waals surface area (Å²) in [5, 5.41) is 3.10. The van der Waals surface area contributed by atoms with E-state index in [4.69, 9.17) is 9.47 Å². The Kier molecular flexibility index (Phi) is 7.18. The second-order valence-corrected chi connectivity index (χ2v) is 8.43. The third-order valence-corrected chi connectivity index (χ3v) is 6.20. The van der Waals surface area contributed by atoms with Gasteiger partial charge in [0.05, 0.1) is 23.9 Å². The molecule has 1 fully saturated rings. The van der Waals surface area contributed by atoms with E-state index in [2.05, 4.69) is 31.2 Å². The summed E-state index contributed by atoms with van der Waals surface area (Å²) in [5.74, 6) is 1.22. The van der Waals surface area contributed by atoms with Gasteiger partial charge in [0.2, 0.25) is 0 Å². The Balaban J connectivity index is 1.73. The lowest BCUT2D eigenvalue weighted by molar-refractivity contribution is 0.0766. The van der Waals surface area contributed by atoms with Gasteiger partial charge in [0, 0.05) is 37.1 Å². The van der Waals surface area contributed by atoms with Crippen molar-refractivity contribution in [2.24, 2.45) is 0 Å². The minimum Gasteiger partial charge on any atom is -0.493 e. The van der Waals surface area contributed by atoms with Crippen molar-refractivity contribution in [1.82, 2.24) is 9.88 Å². The summed E-state index contributed by atoms with van der Waals surface area (Å²) in [5.41, 5.74) is 1.64. The van der Waals surface area contributed by atoms with Crippen molar-refractivity contribution in [3.63, 3.8) is 0 Å². The van der Waals surface area contributed by atoms with E-state index in [1.807, 2.05) is 24.8 Å². The van der Waals surface area contributed by atoms with Crippen molar-refractivity contribution in [1.29, 1.82) is 0 Å². The number of carbonyl (C=O) groups is 1. The molecule has 1 aromatic carbocycles. The normalized spacial score (nSPS) is 14.7. The van der Waals surface area contributed by atoms with Crippen LogP contribution < -0.4 is 14.4 Å². The van der Waals surface area contributed by atoms with Crippen molar-refractivity contribution < 1.29 is 14.3 Å². The SMILES string of the molecule is CCCOc1c(Br)cc(C(=O)N2CCCN(c3nc(C)cs3)CC2)cc1OC.